The van der Waals surface area contributed by atoms with Crippen LogP contribution in [0.5, 0.6) is 0 Å². The Labute approximate surface area is 138 Å². The minimum Gasteiger partial charge on any atom is -0.379 e. The van der Waals surface area contributed by atoms with Gasteiger partial charge in [0.05, 0.1) is 13.2 Å². The molecule has 1 N–H and O–H groups in total. The minimum absolute atomic E-state index is 0.0726. The lowest BCUT2D eigenvalue weighted by atomic mass is 9.96. The van der Waals surface area contributed by atoms with E-state index in [1.54, 1.807) is 0 Å². The molecule has 0 aromatic carbocycles. The van der Waals surface area contributed by atoms with Crippen molar-refractivity contribution in [3.8, 4) is 0 Å². The summed E-state index contributed by atoms with van der Waals surface area (Å²) in [4.78, 5) is 20.1. The van der Waals surface area contributed by atoms with Gasteiger partial charge in [-0.05, 0) is 50.8 Å². The number of nitrogens with zero attached hydrogens (tertiary/aromatic N) is 2. The van der Waals surface area contributed by atoms with E-state index in [1.165, 1.54) is 24.9 Å². The number of H-pyrrole nitrogens is 1. The molecule has 1 aromatic heterocycles. The predicted molar refractivity (Wildman–Crippen MR) is 91.8 cm³/mol. The van der Waals surface area contributed by atoms with Crippen molar-refractivity contribution in [1.29, 1.82) is 0 Å². The summed E-state index contributed by atoms with van der Waals surface area (Å²) in [5.74, 6) is 0.715. The van der Waals surface area contributed by atoms with Crippen molar-refractivity contribution >= 4 is 0 Å². The number of aromatic nitrogens is 1. The second-order valence-electron chi connectivity index (χ2n) is 7.09. The first kappa shape index (κ1) is 16.7. The summed E-state index contributed by atoms with van der Waals surface area (Å²) in [6.07, 6.45) is 2.54. The highest BCUT2D eigenvalue weighted by molar-refractivity contribution is 5.23. The highest BCUT2D eigenvalue weighted by Crippen LogP contribution is 2.19. The number of hydrogen-bond acceptors (Lipinski definition) is 4. The molecule has 0 amide bonds. The van der Waals surface area contributed by atoms with Crippen molar-refractivity contribution in [2.24, 2.45) is 5.92 Å². The van der Waals surface area contributed by atoms with E-state index in [2.05, 4.69) is 27.8 Å². The SMILES string of the molecule is Cc1cc(CN2CCCC(CN3CCOCC3)C2)c(=O)[nH]c1C. The van der Waals surface area contributed by atoms with Crippen molar-refractivity contribution in [1.82, 2.24) is 14.8 Å². The van der Waals surface area contributed by atoms with E-state index in [9.17, 15) is 4.79 Å². The fourth-order valence-corrected chi connectivity index (χ4v) is 3.74. The number of morpholine rings is 1. The first-order chi connectivity index (χ1) is 11.1. The van der Waals surface area contributed by atoms with Crippen molar-refractivity contribution < 1.29 is 4.74 Å². The van der Waals surface area contributed by atoms with Gasteiger partial charge in [-0.1, -0.05) is 0 Å². The summed E-state index contributed by atoms with van der Waals surface area (Å²) in [5.41, 5.74) is 3.12. The Kier molecular flexibility index (Phi) is 5.51. The Morgan fingerprint density at radius 3 is 2.78 bits per heavy atom. The Balaban J connectivity index is 1.58. The molecule has 1 atom stereocenters. The number of piperidine rings is 1. The number of aromatic amines is 1. The van der Waals surface area contributed by atoms with Gasteiger partial charge < -0.3 is 9.72 Å². The average Bonchev–Trinajstić information content (AvgIpc) is 2.54. The van der Waals surface area contributed by atoms with Crippen LogP contribution < -0.4 is 5.56 Å². The fraction of sp³-hybridized carbons (Fsp3) is 0.722. The predicted octanol–water partition coefficient (Wildman–Crippen LogP) is 1.54. The average molecular weight is 319 g/mol. The van der Waals surface area contributed by atoms with Gasteiger partial charge in [0, 0.05) is 44.0 Å². The highest BCUT2D eigenvalue weighted by atomic mass is 16.5. The third-order valence-corrected chi connectivity index (χ3v) is 5.19. The molecular formula is C18H29N3O2. The van der Waals surface area contributed by atoms with Gasteiger partial charge in [0.25, 0.3) is 5.56 Å². The van der Waals surface area contributed by atoms with Crippen molar-refractivity contribution in [3.05, 3.63) is 33.2 Å². The lowest BCUT2D eigenvalue weighted by Gasteiger charge is -2.36. The molecule has 0 saturated carbocycles. The zero-order valence-electron chi connectivity index (χ0n) is 14.4. The zero-order chi connectivity index (χ0) is 16.2. The molecule has 3 heterocycles. The fourth-order valence-electron chi connectivity index (χ4n) is 3.74. The summed E-state index contributed by atoms with van der Waals surface area (Å²) < 4.78 is 5.43. The molecule has 0 spiro atoms. The molecule has 5 nitrogen and oxygen atoms in total. The van der Waals surface area contributed by atoms with Gasteiger partial charge >= 0.3 is 0 Å². The number of likely N-dealkylation sites (tertiary alicyclic amines) is 1. The van der Waals surface area contributed by atoms with Crippen LogP contribution in [0.4, 0.5) is 0 Å². The molecule has 1 unspecified atom stereocenters. The first-order valence-electron chi connectivity index (χ1n) is 8.83. The summed E-state index contributed by atoms with van der Waals surface area (Å²) in [6.45, 7) is 12.0. The maximum absolute atomic E-state index is 12.2. The van der Waals surface area contributed by atoms with Crippen LogP contribution in [0.1, 0.15) is 29.7 Å². The summed E-state index contributed by atoms with van der Waals surface area (Å²) >= 11 is 0. The van der Waals surface area contributed by atoms with Crippen LogP contribution in [0.25, 0.3) is 0 Å². The number of hydrogen-bond donors (Lipinski definition) is 1. The van der Waals surface area contributed by atoms with Crippen LogP contribution in [0, 0.1) is 19.8 Å². The van der Waals surface area contributed by atoms with Crippen LogP contribution in [-0.4, -0.2) is 60.7 Å². The first-order valence-corrected chi connectivity index (χ1v) is 8.83. The molecule has 2 aliphatic rings. The molecule has 3 rings (SSSR count). The molecule has 2 aliphatic heterocycles. The third-order valence-electron chi connectivity index (χ3n) is 5.19. The van der Waals surface area contributed by atoms with E-state index in [-0.39, 0.29) is 5.56 Å². The van der Waals surface area contributed by atoms with Crippen molar-refractivity contribution in [3.63, 3.8) is 0 Å². The smallest absolute Gasteiger partial charge is 0.252 e. The van der Waals surface area contributed by atoms with Gasteiger partial charge in [-0.3, -0.25) is 14.6 Å². The van der Waals surface area contributed by atoms with Gasteiger partial charge in [-0.2, -0.15) is 0 Å². The molecule has 2 fully saturated rings. The largest absolute Gasteiger partial charge is 0.379 e. The van der Waals surface area contributed by atoms with Gasteiger partial charge in [-0.25, -0.2) is 0 Å². The molecular weight excluding hydrogens is 290 g/mol. The van der Waals surface area contributed by atoms with Gasteiger partial charge in [0.1, 0.15) is 0 Å². The normalized spacial score (nSPS) is 24.0. The highest BCUT2D eigenvalue weighted by Gasteiger charge is 2.23. The minimum atomic E-state index is 0.0726. The Morgan fingerprint density at radius 1 is 1.22 bits per heavy atom. The van der Waals surface area contributed by atoms with Crippen molar-refractivity contribution in [2.45, 2.75) is 33.2 Å². The number of aryl methyl sites for hydroxylation is 2. The number of pyridine rings is 1. The Morgan fingerprint density at radius 2 is 2.00 bits per heavy atom. The maximum Gasteiger partial charge on any atom is 0.252 e. The Hall–Kier alpha value is -1.17. The molecule has 128 valence electrons. The van der Waals surface area contributed by atoms with Crippen LogP contribution in [0.15, 0.2) is 10.9 Å². The standard InChI is InChI=1S/C18H29N3O2/c1-14-10-17(18(22)19-15(14)2)13-21-5-3-4-16(12-21)11-20-6-8-23-9-7-20/h10,16H,3-9,11-13H2,1-2H3,(H,19,22). The zero-order valence-corrected chi connectivity index (χ0v) is 14.4. The lowest BCUT2D eigenvalue weighted by molar-refractivity contribution is 0.0224. The van der Waals surface area contributed by atoms with Crippen molar-refractivity contribution in [2.75, 3.05) is 45.9 Å². The van der Waals surface area contributed by atoms with E-state index < -0.39 is 0 Å². The van der Waals surface area contributed by atoms with Crippen LogP contribution in [0.2, 0.25) is 0 Å². The van der Waals surface area contributed by atoms with Gasteiger partial charge in [0.15, 0.2) is 0 Å². The summed E-state index contributed by atoms with van der Waals surface area (Å²) in [5, 5.41) is 0. The van der Waals surface area contributed by atoms with E-state index >= 15 is 0 Å². The molecule has 0 bridgehead atoms. The number of ether oxygens (including phenoxy) is 1. The summed E-state index contributed by atoms with van der Waals surface area (Å²) in [7, 11) is 0. The van der Waals surface area contributed by atoms with Gasteiger partial charge in [-0.15, -0.1) is 0 Å². The molecule has 23 heavy (non-hydrogen) atoms. The second kappa shape index (κ2) is 7.60. The molecule has 1 aromatic rings. The third kappa shape index (κ3) is 4.43. The van der Waals surface area contributed by atoms with E-state index in [0.29, 0.717) is 5.92 Å². The van der Waals surface area contributed by atoms with Crippen LogP contribution in [-0.2, 0) is 11.3 Å². The Bertz CT molecular complexity index is 578. The maximum atomic E-state index is 12.2. The van der Waals surface area contributed by atoms with E-state index in [0.717, 1.165) is 57.2 Å². The lowest BCUT2D eigenvalue weighted by Crippen LogP contribution is -2.44. The molecule has 0 aliphatic carbocycles. The quantitative estimate of drug-likeness (QED) is 0.914. The molecule has 5 heteroatoms. The number of nitrogens with one attached hydrogen (secondary N) is 1. The van der Waals surface area contributed by atoms with E-state index in [1.807, 2.05) is 6.92 Å². The summed E-state index contributed by atoms with van der Waals surface area (Å²) in [6, 6.07) is 2.06. The number of rotatable bonds is 4. The van der Waals surface area contributed by atoms with Crippen LogP contribution >= 0.6 is 0 Å². The molecule has 0 radical (unpaired) electrons. The van der Waals surface area contributed by atoms with Gasteiger partial charge in [0.2, 0.25) is 0 Å². The topological polar surface area (TPSA) is 48.6 Å². The molecule has 2 saturated heterocycles. The van der Waals surface area contributed by atoms with E-state index in [4.69, 9.17) is 4.74 Å². The second-order valence-corrected chi connectivity index (χ2v) is 7.09. The monoisotopic (exact) mass is 319 g/mol. The van der Waals surface area contributed by atoms with Crippen LogP contribution in [0.3, 0.4) is 0 Å².